The maximum absolute atomic E-state index is 12.9. The number of aromatic nitrogens is 1. The van der Waals surface area contributed by atoms with E-state index in [0.717, 1.165) is 50.1 Å². The Kier molecular flexibility index (Phi) is 6.45. The van der Waals surface area contributed by atoms with Crippen molar-refractivity contribution < 1.29 is 4.79 Å². The van der Waals surface area contributed by atoms with Crippen molar-refractivity contribution in [3.05, 3.63) is 75.8 Å². The molecule has 0 spiro atoms. The van der Waals surface area contributed by atoms with Gasteiger partial charge in [-0.15, -0.1) is 17.8 Å². The molecular weight excluding hydrogens is 478 g/mol. The molecule has 0 bridgehead atoms. The van der Waals surface area contributed by atoms with Crippen LogP contribution < -0.4 is 20.9 Å². The van der Waals surface area contributed by atoms with Gasteiger partial charge < -0.3 is 15.5 Å². The van der Waals surface area contributed by atoms with Crippen LogP contribution in [-0.4, -0.2) is 37.2 Å². The topological polar surface area (TPSA) is 69.3 Å². The van der Waals surface area contributed by atoms with Crippen molar-refractivity contribution in [3.8, 4) is 12.3 Å². The Morgan fingerprint density at radius 3 is 2.49 bits per heavy atom. The summed E-state index contributed by atoms with van der Waals surface area (Å²) < 4.78 is 0. The SMILES string of the molecule is C#CC(C)(c1ccc(Cl)cc1)c1csc(NC(=O)NC2(c3ccc(N4CCNCC4)cc3)CC2)n1. The van der Waals surface area contributed by atoms with Crippen LogP contribution in [0.5, 0.6) is 0 Å². The molecular formula is C27H28ClN5OS. The molecule has 1 aliphatic carbocycles. The Balaban J connectivity index is 1.24. The van der Waals surface area contributed by atoms with E-state index in [1.54, 1.807) is 0 Å². The molecule has 5 rings (SSSR count). The Morgan fingerprint density at radius 1 is 1.17 bits per heavy atom. The predicted octanol–water partition coefficient (Wildman–Crippen LogP) is 4.96. The summed E-state index contributed by atoms with van der Waals surface area (Å²) in [5.74, 6) is 2.86. The number of anilines is 2. The lowest BCUT2D eigenvalue weighted by Gasteiger charge is -2.30. The summed E-state index contributed by atoms with van der Waals surface area (Å²) in [5.41, 5.74) is 2.96. The van der Waals surface area contributed by atoms with Crippen LogP contribution in [0.15, 0.2) is 53.9 Å². The molecule has 3 N–H and O–H groups in total. The van der Waals surface area contributed by atoms with Gasteiger partial charge in [0.2, 0.25) is 0 Å². The number of benzene rings is 2. The predicted molar refractivity (Wildman–Crippen MR) is 143 cm³/mol. The van der Waals surface area contributed by atoms with Gasteiger partial charge >= 0.3 is 6.03 Å². The zero-order chi connectivity index (χ0) is 24.5. The molecule has 2 heterocycles. The van der Waals surface area contributed by atoms with E-state index >= 15 is 0 Å². The number of hydrogen-bond acceptors (Lipinski definition) is 5. The molecule has 2 aromatic carbocycles. The molecule has 0 radical (unpaired) electrons. The highest BCUT2D eigenvalue weighted by Gasteiger charge is 2.45. The van der Waals surface area contributed by atoms with E-state index in [4.69, 9.17) is 18.0 Å². The number of thiazole rings is 1. The monoisotopic (exact) mass is 505 g/mol. The fourth-order valence-corrected chi connectivity index (χ4v) is 5.46. The number of nitrogens with one attached hydrogen (secondary N) is 3. The average Bonchev–Trinajstić information content (AvgIpc) is 3.51. The lowest BCUT2D eigenvalue weighted by Crippen LogP contribution is -2.43. The van der Waals surface area contributed by atoms with Crippen LogP contribution in [0, 0.1) is 12.3 Å². The maximum atomic E-state index is 12.9. The van der Waals surface area contributed by atoms with Crippen LogP contribution in [0.3, 0.4) is 0 Å². The summed E-state index contributed by atoms with van der Waals surface area (Å²) in [6, 6.07) is 15.8. The third kappa shape index (κ3) is 4.87. The van der Waals surface area contributed by atoms with Crippen molar-refractivity contribution in [2.75, 3.05) is 36.4 Å². The van der Waals surface area contributed by atoms with Crippen molar-refractivity contribution in [1.29, 1.82) is 0 Å². The van der Waals surface area contributed by atoms with Crippen LogP contribution in [0.25, 0.3) is 0 Å². The number of terminal acetylenes is 1. The third-order valence-electron chi connectivity index (χ3n) is 6.95. The van der Waals surface area contributed by atoms with Gasteiger partial charge in [0.05, 0.1) is 16.6 Å². The Labute approximate surface area is 215 Å². The van der Waals surface area contributed by atoms with E-state index in [2.05, 4.69) is 56.0 Å². The summed E-state index contributed by atoms with van der Waals surface area (Å²) in [4.78, 5) is 19.9. The highest BCUT2D eigenvalue weighted by atomic mass is 35.5. The van der Waals surface area contributed by atoms with Gasteiger partial charge in [0.1, 0.15) is 0 Å². The largest absolute Gasteiger partial charge is 0.369 e. The zero-order valence-electron chi connectivity index (χ0n) is 19.6. The molecule has 2 aliphatic rings. The van der Waals surface area contributed by atoms with Crippen LogP contribution in [-0.2, 0) is 11.0 Å². The van der Waals surface area contributed by atoms with Crippen LogP contribution in [0.1, 0.15) is 36.6 Å². The molecule has 35 heavy (non-hydrogen) atoms. The summed E-state index contributed by atoms with van der Waals surface area (Å²) in [5, 5.41) is 12.5. The average molecular weight is 506 g/mol. The van der Waals surface area contributed by atoms with Gasteiger partial charge in [-0.25, -0.2) is 9.78 Å². The molecule has 1 unspecified atom stereocenters. The number of rotatable bonds is 6. The Bertz CT molecular complexity index is 1240. The van der Waals surface area contributed by atoms with Crippen molar-refractivity contribution in [1.82, 2.24) is 15.6 Å². The quantitative estimate of drug-likeness (QED) is 0.414. The number of urea groups is 1. The first-order valence-electron chi connectivity index (χ1n) is 11.8. The smallest absolute Gasteiger partial charge is 0.321 e. The Morgan fingerprint density at radius 2 is 1.86 bits per heavy atom. The third-order valence-corrected chi connectivity index (χ3v) is 7.96. The van der Waals surface area contributed by atoms with Gasteiger partial charge in [0.15, 0.2) is 5.13 Å². The molecule has 2 amide bonds. The van der Waals surface area contributed by atoms with Gasteiger partial charge in [-0.2, -0.15) is 0 Å². The van der Waals surface area contributed by atoms with Crippen LogP contribution in [0.2, 0.25) is 5.02 Å². The first kappa shape index (κ1) is 23.7. The highest BCUT2D eigenvalue weighted by molar-refractivity contribution is 7.14. The summed E-state index contributed by atoms with van der Waals surface area (Å²) >= 11 is 7.40. The first-order valence-corrected chi connectivity index (χ1v) is 13.0. The molecule has 1 atom stereocenters. The number of halogens is 1. The van der Waals surface area contributed by atoms with E-state index in [0.29, 0.717) is 15.8 Å². The second-order valence-electron chi connectivity index (χ2n) is 9.26. The van der Waals surface area contributed by atoms with Gasteiger partial charge in [-0.05, 0) is 55.2 Å². The van der Waals surface area contributed by atoms with E-state index < -0.39 is 5.41 Å². The van der Waals surface area contributed by atoms with Crippen LogP contribution in [0.4, 0.5) is 15.6 Å². The van der Waals surface area contributed by atoms with E-state index in [1.807, 2.05) is 36.6 Å². The molecule has 180 valence electrons. The van der Waals surface area contributed by atoms with Crippen molar-refractivity contribution in [3.63, 3.8) is 0 Å². The lowest BCUT2D eigenvalue weighted by molar-refractivity contribution is 0.247. The van der Waals surface area contributed by atoms with E-state index in [-0.39, 0.29) is 11.6 Å². The molecule has 1 saturated carbocycles. The molecule has 1 saturated heterocycles. The molecule has 2 fully saturated rings. The molecule has 3 aromatic rings. The van der Waals surface area contributed by atoms with Crippen molar-refractivity contribution >= 4 is 39.8 Å². The van der Waals surface area contributed by atoms with Crippen molar-refractivity contribution in [2.24, 2.45) is 0 Å². The fraction of sp³-hybridized carbons (Fsp3) is 0.333. The van der Waals surface area contributed by atoms with Gasteiger partial charge in [-0.3, -0.25) is 5.32 Å². The standard InChI is InChI=1S/C27H28ClN5OS/c1-3-26(2,19-4-8-21(28)9-5-19)23-18-35-25(30-23)31-24(34)32-27(12-13-27)20-6-10-22(11-7-20)33-16-14-29-15-17-33/h1,4-11,18,29H,12-17H2,2H3,(H2,30,31,32,34). The fourth-order valence-electron chi connectivity index (χ4n) is 4.52. The number of carbonyl (C=O) groups excluding carboxylic acids is 1. The van der Waals surface area contributed by atoms with Gasteiger partial charge in [0, 0.05) is 42.3 Å². The summed E-state index contributed by atoms with van der Waals surface area (Å²) in [6.45, 7) is 5.98. The summed E-state index contributed by atoms with van der Waals surface area (Å²) in [6.07, 6.45) is 7.75. The lowest BCUT2D eigenvalue weighted by atomic mass is 9.81. The minimum absolute atomic E-state index is 0.261. The molecule has 8 heteroatoms. The van der Waals surface area contributed by atoms with Gasteiger partial charge in [-0.1, -0.05) is 41.8 Å². The Hall–Kier alpha value is -3.05. The number of carbonyl (C=O) groups is 1. The number of piperazine rings is 1. The van der Waals surface area contributed by atoms with Crippen molar-refractivity contribution in [2.45, 2.75) is 30.7 Å². The molecule has 1 aromatic heterocycles. The number of nitrogens with zero attached hydrogens (tertiary/aromatic N) is 2. The highest BCUT2D eigenvalue weighted by Crippen LogP contribution is 2.46. The number of hydrogen-bond donors (Lipinski definition) is 3. The molecule has 6 nitrogen and oxygen atoms in total. The van der Waals surface area contributed by atoms with E-state index in [9.17, 15) is 4.79 Å². The zero-order valence-corrected chi connectivity index (χ0v) is 21.2. The van der Waals surface area contributed by atoms with Crippen LogP contribution >= 0.6 is 22.9 Å². The second-order valence-corrected chi connectivity index (χ2v) is 10.6. The second kappa shape index (κ2) is 9.54. The summed E-state index contributed by atoms with van der Waals surface area (Å²) in [7, 11) is 0. The maximum Gasteiger partial charge on any atom is 0.321 e. The normalized spacial score (nSPS) is 18.3. The molecule has 1 aliphatic heterocycles. The first-order chi connectivity index (χ1) is 16.9. The van der Waals surface area contributed by atoms with E-state index in [1.165, 1.54) is 17.0 Å². The minimum Gasteiger partial charge on any atom is -0.369 e. The number of amides is 2. The minimum atomic E-state index is -0.721. The van der Waals surface area contributed by atoms with Gasteiger partial charge in [0.25, 0.3) is 0 Å².